The molecule has 2 N–H and O–H groups in total. The highest BCUT2D eigenvalue weighted by atomic mass is 19.1. The molecule has 0 saturated carbocycles. The number of hydrogen-bond donors (Lipinski definition) is 2. The van der Waals surface area contributed by atoms with Gasteiger partial charge in [-0.2, -0.15) is 0 Å². The van der Waals surface area contributed by atoms with Crippen LogP contribution in [0, 0.1) is 12.7 Å². The molecule has 0 aliphatic carbocycles. The zero-order chi connectivity index (χ0) is 24.4. The molecule has 2 amide bonds. The summed E-state index contributed by atoms with van der Waals surface area (Å²) in [5.41, 5.74) is -0.562. The van der Waals surface area contributed by atoms with E-state index in [2.05, 4.69) is 5.32 Å². The van der Waals surface area contributed by atoms with Crippen LogP contribution in [0.1, 0.15) is 51.0 Å². The van der Waals surface area contributed by atoms with Crippen LogP contribution in [0.15, 0.2) is 35.1 Å². The number of methoxy groups -OCH3 is 1. The predicted octanol–water partition coefficient (Wildman–Crippen LogP) is 2.00. The molecule has 3 aliphatic rings. The first-order chi connectivity index (χ1) is 16.2. The Hall–Kier alpha value is -3.46. The van der Waals surface area contributed by atoms with Crippen molar-refractivity contribution in [2.45, 2.75) is 50.9 Å². The van der Waals surface area contributed by atoms with Gasteiger partial charge in [-0.15, -0.1) is 0 Å². The summed E-state index contributed by atoms with van der Waals surface area (Å²) in [5.74, 6) is -2.39. The van der Waals surface area contributed by atoms with Gasteiger partial charge in [-0.05, 0) is 38.3 Å². The highest BCUT2D eigenvalue weighted by Crippen LogP contribution is 2.46. The fraction of sp³-hybridized carbons (Fsp3) is 0.400. The van der Waals surface area contributed by atoms with Crippen molar-refractivity contribution in [1.82, 2.24) is 14.8 Å². The first-order valence-electron chi connectivity index (χ1n) is 11.3. The number of nitrogens with zero attached hydrogens (tertiary/aromatic N) is 2. The molecule has 2 aromatic rings. The standard InChI is InChI=1S/C25H26FN3O5/c1-13-4-6-15(16(26)10-13)11-27-23(32)19-17-8-9-25-12-28(14(2)5-7-18(25)34-3)24(33)20(29(17)25)22(31)21(19)30/h4-7,10,14,18,31H,8-9,11-12H2,1-3H3,(H,27,32)/t14-,18-,25+/m0/s1. The SMILES string of the molecule is CO[C@H]1C=C[C@H](C)N2C[C@]13CCc1c(C(=O)NCc4ccc(C)cc4F)c(=O)c(O)c(n13)C2=O. The first kappa shape index (κ1) is 22.3. The summed E-state index contributed by atoms with van der Waals surface area (Å²) in [4.78, 5) is 41.3. The minimum Gasteiger partial charge on any atom is -0.503 e. The number of benzene rings is 1. The summed E-state index contributed by atoms with van der Waals surface area (Å²) in [6.45, 7) is 3.84. The van der Waals surface area contributed by atoms with Crippen LogP contribution in [0.2, 0.25) is 0 Å². The zero-order valence-corrected chi connectivity index (χ0v) is 19.2. The first-order valence-corrected chi connectivity index (χ1v) is 11.3. The second kappa shape index (κ2) is 7.80. The summed E-state index contributed by atoms with van der Waals surface area (Å²) in [7, 11) is 1.57. The number of pyridine rings is 1. The summed E-state index contributed by atoms with van der Waals surface area (Å²) in [6, 6.07) is 4.43. The van der Waals surface area contributed by atoms with E-state index >= 15 is 0 Å². The van der Waals surface area contributed by atoms with Gasteiger partial charge in [-0.3, -0.25) is 14.4 Å². The van der Waals surface area contributed by atoms with E-state index < -0.39 is 40.5 Å². The quantitative estimate of drug-likeness (QED) is 0.670. The van der Waals surface area contributed by atoms with E-state index in [0.717, 1.165) is 5.56 Å². The number of aryl methyl sites for hydroxylation is 1. The molecule has 0 radical (unpaired) electrons. The Morgan fingerprint density at radius 2 is 2.09 bits per heavy atom. The molecule has 5 rings (SSSR count). The number of aromatic hydroxyl groups is 1. The summed E-state index contributed by atoms with van der Waals surface area (Å²) in [5, 5.41) is 13.5. The molecule has 34 heavy (non-hydrogen) atoms. The number of rotatable bonds is 4. The highest BCUT2D eigenvalue weighted by molar-refractivity contribution is 6.01. The Labute approximate surface area is 195 Å². The van der Waals surface area contributed by atoms with Gasteiger partial charge in [0.25, 0.3) is 11.8 Å². The van der Waals surface area contributed by atoms with Gasteiger partial charge < -0.3 is 24.6 Å². The van der Waals surface area contributed by atoms with Gasteiger partial charge >= 0.3 is 0 Å². The third-order valence-corrected chi connectivity index (χ3v) is 7.31. The fourth-order valence-electron chi connectivity index (χ4n) is 5.56. The molecular formula is C25H26FN3O5. The summed E-state index contributed by atoms with van der Waals surface area (Å²) in [6.07, 6.45) is 4.23. The Kier molecular flexibility index (Phi) is 5.12. The van der Waals surface area contributed by atoms with Crippen LogP contribution in [-0.4, -0.2) is 52.2 Å². The van der Waals surface area contributed by atoms with Crippen molar-refractivity contribution in [3.63, 3.8) is 0 Å². The second-order valence-corrected chi connectivity index (χ2v) is 9.28. The van der Waals surface area contributed by atoms with Gasteiger partial charge in [0.05, 0.1) is 5.54 Å². The van der Waals surface area contributed by atoms with Crippen molar-refractivity contribution in [2.75, 3.05) is 13.7 Å². The van der Waals surface area contributed by atoms with Crippen LogP contribution in [0.5, 0.6) is 5.75 Å². The van der Waals surface area contributed by atoms with Crippen molar-refractivity contribution in [2.24, 2.45) is 0 Å². The Morgan fingerprint density at radius 1 is 1.32 bits per heavy atom. The number of fused-ring (bicyclic) bond motifs is 1. The predicted molar refractivity (Wildman–Crippen MR) is 121 cm³/mol. The van der Waals surface area contributed by atoms with Crippen molar-refractivity contribution in [3.05, 3.63) is 74.5 Å². The molecule has 0 unspecified atom stereocenters. The van der Waals surface area contributed by atoms with E-state index in [-0.39, 0.29) is 29.4 Å². The lowest BCUT2D eigenvalue weighted by molar-refractivity contribution is -0.00156. The molecule has 1 spiro atoms. The van der Waals surface area contributed by atoms with E-state index in [9.17, 15) is 23.9 Å². The number of carbonyl (C=O) groups excluding carboxylic acids is 2. The lowest BCUT2D eigenvalue weighted by Crippen LogP contribution is -2.59. The van der Waals surface area contributed by atoms with Crippen LogP contribution in [-0.2, 0) is 23.2 Å². The van der Waals surface area contributed by atoms with Crippen LogP contribution < -0.4 is 10.7 Å². The average molecular weight is 467 g/mol. The maximum Gasteiger partial charge on any atom is 0.275 e. The molecule has 3 atom stereocenters. The number of aromatic nitrogens is 1. The lowest BCUT2D eigenvalue weighted by Gasteiger charge is -2.46. The smallest absolute Gasteiger partial charge is 0.275 e. The maximum absolute atomic E-state index is 14.2. The summed E-state index contributed by atoms with van der Waals surface area (Å²) < 4.78 is 21.7. The van der Waals surface area contributed by atoms with Crippen LogP contribution in [0.25, 0.3) is 0 Å². The number of nitrogens with one attached hydrogen (secondary N) is 1. The minimum atomic E-state index is -0.900. The van der Waals surface area contributed by atoms with E-state index in [1.165, 1.54) is 6.07 Å². The molecule has 3 aliphatic heterocycles. The van der Waals surface area contributed by atoms with Gasteiger partial charge in [-0.1, -0.05) is 24.3 Å². The monoisotopic (exact) mass is 467 g/mol. The van der Waals surface area contributed by atoms with Gasteiger partial charge in [0.1, 0.15) is 17.5 Å². The van der Waals surface area contributed by atoms with Gasteiger partial charge in [0, 0.05) is 37.5 Å². The second-order valence-electron chi connectivity index (χ2n) is 9.28. The fourth-order valence-corrected chi connectivity index (χ4v) is 5.56. The number of hydrogen-bond acceptors (Lipinski definition) is 5. The Bertz CT molecular complexity index is 1320. The molecule has 0 saturated heterocycles. The van der Waals surface area contributed by atoms with Crippen molar-refractivity contribution < 1.29 is 23.8 Å². The topological polar surface area (TPSA) is 101 Å². The Morgan fingerprint density at radius 3 is 2.79 bits per heavy atom. The number of amides is 2. The van der Waals surface area contributed by atoms with Gasteiger partial charge in [-0.25, -0.2) is 4.39 Å². The molecule has 1 aromatic carbocycles. The average Bonchev–Trinajstić information content (AvgIpc) is 3.11. The molecule has 178 valence electrons. The lowest BCUT2D eigenvalue weighted by atomic mass is 9.87. The molecular weight excluding hydrogens is 441 g/mol. The van der Waals surface area contributed by atoms with E-state index in [0.29, 0.717) is 25.1 Å². The van der Waals surface area contributed by atoms with Gasteiger partial charge in [0.15, 0.2) is 11.4 Å². The molecule has 9 heteroatoms. The van der Waals surface area contributed by atoms with E-state index in [1.807, 2.05) is 19.1 Å². The maximum atomic E-state index is 14.2. The number of ether oxygens (including phenoxy) is 1. The number of halogens is 1. The van der Waals surface area contributed by atoms with Crippen LogP contribution in [0.3, 0.4) is 0 Å². The van der Waals surface area contributed by atoms with Gasteiger partial charge in [0.2, 0.25) is 5.43 Å². The molecule has 0 fully saturated rings. The molecule has 2 bridgehead atoms. The van der Waals surface area contributed by atoms with Crippen molar-refractivity contribution >= 4 is 11.8 Å². The third kappa shape index (κ3) is 3.03. The minimum absolute atomic E-state index is 0.109. The normalized spacial score (nSPS) is 24.7. The summed E-state index contributed by atoms with van der Waals surface area (Å²) >= 11 is 0. The van der Waals surface area contributed by atoms with Crippen molar-refractivity contribution in [1.29, 1.82) is 0 Å². The van der Waals surface area contributed by atoms with E-state index in [1.54, 1.807) is 35.6 Å². The van der Waals surface area contributed by atoms with Crippen LogP contribution >= 0.6 is 0 Å². The van der Waals surface area contributed by atoms with E-state index in [4.69, 9.17) is 4.74 Å². The van der Waals surface area contributed by atoms with Crippen LogP contribution in [0.4, 0.5) is 4.39 Å². The third-order valence-electron chi connectivity index (χ3n) is 7.31. The molecule has 1 aromatic heterocycles. The zero-order valence-electron chi connectivity index (χ0n) is 19.2. The highest BCUT2D eigenvalue weighted by Gasteiger charge is 2.55. The molecule has 8 nitrogen and oxygen atoms in total. The number of carbonyl (C=O) groups is 2. The largest absolute Gasteiger partial charge is 0.503 e. The van der Waals surface area contributed by atoms with Crippen molar-refractivity contribution in [3.8, 4) is 5.75 Å². The molecule has 4 heterocycles. The Balaban J connectivity index is 1.62.